The van der Waals surface area contributed by atoms with Crippen molar-refractivity contribution in [3.05, 3.63) is 94.8 Å². The number of benzene rings is 3. The molecule has 0 aliphatic carbocycles. The van der Waals surface area contributed by atoms with Gasteiger partial charge in [0.15, 0.2) is 17.3 Å². The summed E-state index contributed by atoms with van der Waals surface area (Å²) in [6.45, 7) is 0.870. The molecule has 1 atom stereocenters. The lowest BCUT2D eigenvalue weighted by Crippen LogP contribution is -2.25. The van der Waals surface area contributed by atoms with Crippen molar-refractivity contribution in [1.82, 2.24) is 25.5 Å². The van der Waals surface area contributed by atoms with Crippen LogP contribution in [-0.4, -0.2) is 27.0 Å². The molecule has 0 spiro atoms. The van der Waals surface area contributed by atoms with Crippen LogP contribution >= 0.6 is 11.6 Å². The van der Waals surface area contributed by atoms with Gasteiger partial charge >= 0.3 is 0 Å². The summed E-state index contributed by atoms with van der Waals surface area (Å²) >= 11 is 6.10. The van der Waals surface area contributed by atoms with E-state index in [0.717, 1.165) is 11.3 Å². The number of tetrazole rings is 1. The number of hydrogen-bond acceptors (Lipinski definition) is 6. The van der Waals surface area contributed by atoms with E-state index in [1.807, 2.05) is 60.7 Å². The second-order valence-electron chi connectivity index (χ2n) is 6.84. The molecule has 5 rings (SSSR count). The van der Waals surface area contributed by atoms with Crippen LogP contribution in [0.15, 0.2) is 72.8 Å². The van der Waals surface area contributed by atoms with E-state index in [4.69, 9.17) is 21.1 Å². The van der Waals surface area contributed by atoms with Crippen LogP contribution in [0.1, 0.15) is 23.0 Å². The summed E-state index contributed by atoms with van der Waals surface area (Å²) in [6, 6.07) is 23.3. The Balaban J connectivity index is 1.51. The number of fused-ring (bicyclic) bond motifs is 1. The van der Waals surface area contributed by atoms with E-state index >= 15 is 0 Å². The molecule has 1 aromatic heterocycles. The number of nitrogens with one attached hydrogen (secondary N) is 1. The van der Waals surface area contributed by atoms with Crippen molar-refractivity contribution < 1.29 is 9.47 Å². The van der Waals surface area contributed by atoms with E-state index < -0.39 is 0 Å². The topological polar surface area (TPSA) is 74.1 Å². The molecule has 150 valence electrons. The first kappa shape index (κ1) is 18.6. The number of nitrogens with zero attached hydrogens (tertiary/aromatic N) is 4. The minimum atomic E-state index is -0.247. The normalized spacial score (nSPS) is 13.4. The fraction of sp³-hybridized carbons (Fsp3) is 0.136. The van der Waals surface area contributed by atoms with Crippen molar-refractivity contribution >= 4 is 11.6 Å². The molecule has 1 unspecified atom stereocenters. The van der Waals surface area contributed by atoms with Crippen LogP contribution in [0.25, 0.3) is 5.69 Å². The van der Waals surface area contributed by atoms with Crippen molar-refractivity contribution in [2.24, 2.45) is 0 Å². The van der Waals surface area contributed by atoms with Gasteiger partial charge < -0.3 is 9.47 Å². The Morgan fingerprint density at radius 1 is 0.967 bits per heavy atom. The molecule has 0 fully saturated rings. The molecule has 30 heavy (non-hydrogen) atoms. The van der Waals surface area contributed by atoms with Gasteiger partial charge in [-0.25, -0.2) is 0 Å². The third kappa shape index (κ3) is 3.72. The van der Waals surface area contributed by atoms with Gasteiger partial charge in [0, 0.05) is 17.6 Å². The summed E-state index contributed by atoms with van der Waals surface area (Å²) in [6.07, 6.45) is 0. The van der Waals surface area contributed by atoms with Gasteiger partial charge in [0.2, 0.25) is 6.79 Å². The second-order valence-corrected chi connectivity index (χ2v) is 7.27. The zero-order valence-corrected chi connectivity index (χ0v) is 16.7. The first-order chi connectivity index (χ1) is 14.8. The zero-order valence-electron chi connectivity index (χ0n) is 15.9. The minimum Gasteiger partial charge on any atom is -0.454 e. The smallest absolute Gasteiger partial charge is 0.231 e. The fourth-order valence-electron chi connectivity index (χ4n) is 3.40. The van der Waals surface area contributed by atoms with Crippen molar-refractivity contribution in [2.75, 3.05) is 6.79 Å². The molecule has 0 saturated heterocycles. The van der Waals surface area contributed by atoms with E-state index in [2.05, 4.69) is 33.0 Å². The van der Waals surface area contributed by atoms with Gasteiger partial charge in [-0.3, -0.25) is 5.32 Å². The molecule has 0 saturated carbocycles. The molecular weight excluding hydrogens is 402 g/mol. The lowest BCUT2D eigenvalue weighted by molar-refractivity contribution is 0.174. The van der Waals surface area contributed by atoms with Gasteiger partial charge in [0.1, 0.15) is 0 Å². The highest BCUT2D eigenvalue weighted by Gasteiger charge is 2.23. The zero-order chi connectivity index (χ0) is 20.3. The predicted molar refractivity (Wildman–Crippen MR) is 112 cm³/mol. The maximum atomic E-state index is 6.10. The lowest BCUT2D eigenvalue weighted by Gasteiger charge is -2.19. The van der Waals surface area contributed by atoms with E-state index in [-0.39, 0.29) is 12.8 Å². The van der Waals surface area contributed by atoms with Crippen LogP contribution in [0.4, 0.5) is 0 Å². The second kappa shape index (κ2) is 8.14. The van der Waals surface area contributed by atoms with Crippen LogP contribution < -0.4 is 14.8 Å². The van der Waals surface area contributed by atoms with Crippen LogP contribution in [0.2, 0.25) is 5.02 Å². The Morgan fingerprint density at radius 2 is 1.77 bits per heavy atom. The van der Waals surface area contributed by atoms with E-state index in [1.54, 1.807) is 4.68 Å². The molecule has 2 heterocycles. The Kier molecular flexibility index (Phi) is 5.04. The summed E-state index contributed by atoms with van der Waals surface area (Å²) in [5.41, 5.74) is 2.96. The van der Waals surface area contributed by atoms with Crippen molar-refractivity contribution in [2.45, 2.75) is 12.6 Å². The Morgan fingerprint density at radius 3 is 2.60 bits per heavy atom. The Labute approximate surface area is 178 Å². The lowest BCUT2D eigenvalue weighted by atomic mass is 10.1. The molecule has 0 radical (unpaired) electrons. The number of halogens is 1. The SMILES string of the molecule is Clc1ccc(C(NCc2ccccc2)c2nnnn2-c2ccc3c(c2)OCO3)cc1. The third-order valence-corrected chi connectivity index (χ3v) is 5.16. The number of ether oxygens (including phenoxy) is 2. The van der Waals surface area contributed by atoms with Gasteiger partial charge in [-0.05, 0) is 45.8 Å². The first-order valence-electron chi connectivity index (χ1n) is 9.49. The standard InChI is InChI=1S/C22H18ClN5O2/c23-17-8-6-16(7-9-17)21(24-13-15-4-2-1-3-5-15)22-25-26-27-28(22)18-10-11-19-20(12-18)30-14-29-19/h1-12,21,24H,13-14H2. The molecule has 7 nitrogen and oxygen atoms in total. The van der Waals surface area contributed by atoms with Gasteiger partial charge in [-0.15, -0.1) is 5.10 Å². The van der Waals surface area contributed by atoms with Crippen LogP contribution in [0, 0.1) is 0 Å². The number of hydrogen-bond donors (Lipinski definition) is 1. The van der Waals surface area contributed by atoms with Crippen LogP contribution in [-0.2, 0) is 6.54 Å². The monoisotopic (exact) mass is 419 g/mol. The van der Waals surface area contributed by atoms with Gasteiger partial charge in [0.25, 0.3) is 0 Å². The van der Waals surface area contributed by atoms with E-state index in [0.29, 0.717) is 28.9 Å². The predicted octanol–water partition coefficient (Wildman–Crippen LogP) is 3.92. The maximum absolute atomic E-state index is 6.10. The highest BCUT2D eigenvalue weighted by Crippen LogP contribution is 2.34. The van der Waals surface area contributed by atoms with E-state index in [9.17, 15) is 0 Å². The molecule has 0 amide bonds. The molecule has 1 aliphatic rings. The third-order valence-electron chi connectivity index (χ3n) is 4.91. The van der Waals surface area contributed by atoms with Gasteiger partial charge in [-0.2, -0.15) is 4.68 Å². The summed E-state index contributed by atoms with van der Waals surface area (Å²) in [4.78, 5) is 0. The average Bonchev–Trinajstić information content (AvgIpc) is 3.45. The molecule has 1 N–H and O–H groups in total. The summed E-state index contributed by atoms with van der Waals surface area (Å²) in [5, 5.41) is 16.7. The average molecular weight is 420 g/mol. The molecule has 4 aromatic rings. The van der Waals surface area contributed by atoms with Crippen molar-refractivity contribution in [1.29, 1.82) is 0 Å². The minimum absolute atomic E-state index is 0.216. The molecule has 3 aromatic carbocycles. The summed E-state index contributed by atoms with van der Waals surface area (Å²) < 4.78 is 12.6. The highest BCUT2D eigenvalue weighted by atomic mass is 35.5. The van der Waals surface area contributed by atoms with Crippen LogP contribution in [0.5, 0.6) is 11.5 Å². The Hall–Kier alpha value is -3.42. The number of rotatable bonds is 6. The van der Waals surface area contributed by atoms with Gasteiger partial charge in [-0.1, -0.05) is 54.1 Å². The molecule has 1 aliphatic heterocycles. The summed E-state index contributed by atoms with van der Waals surface area (Å²) in [5.74, 6) is 2.05. The maximum Gasteiger partial charge on any atom is 0.231 e. The Bertz CT molecular complexity index is 1150. The summed E-state index contributed by atoms with van der Waals surface area (Å²) in [7, 11) is 0. The van der Waals surface area contributed by atoms with Crippen molar-refractivity contribution in [3.63, 3.8) is 0 Å². The first-order valence-corrected chi connectivity index (χ1v) is 9.87. The molecular formula is C22H18ClN5O2. The largest absolute Gasteiger partial charge is 0.454 e. The quantitative estimate of drug-likeness (QED) is 0.510. The van der Waals surface area contributed by atoms with E-state index in [1.165, 1.54) is 5.56 Å². The number of aromatic nitrogens is 4. The fourth-order valence-corrected chi connectivity index (χ4v) is 3.53. The molecule has 8 heteroatoms. The van der Waals surface area contributed by atoms with Crippen molar-refractivity contribution in [3.8, 4) is 17.2 Å². The van der Waals surface area contributed by atoms with Crippen LogP contribution in [0.3, 0.4) is 0 Å². The van der Waals surface area contributed by atoms with Gasteiger partial charge in [0.05, 0.1) is 11.7 Å². The molecule has 0 bridgehead atoms. The highest BCUT2D eigenvalue weighted by molar-refractivity contribution is 6.30.